The Morgan fingerprint density at radius 1 is 1.04 bits per heavy atom. The highest BCUT2D eigenvalue weighted by molar-refractivity contribution is 6.04. The molecule has 1 unspecified atom stereocenters. The summed E-state index contributed by atoms with van der Waals surface area (Å²) in [6.45, 7) is 0.700. The summed E-state index contributed by atoms with van der Waals surface area (Å²) in [4.78, 5) is 26.0. The quantitative estimate of drug-likeness (QED) is 0.823. The van der Waals surface area contributed by atoms with Crippen molar-refractivity contribution in [3.63, 3.8) is 0 Å². The molecule has 6 heteroatoms. The second-order valence-corrected chi connectivity index (χ2v) is 5.60. The molecule has 1 aliphatic heterocycles. The fraction of sp³-hybridized carbons (Fsp3) is 0.222. The Morgan fingerprint density at radius 3 is 2.25 bits per heavy atom. The largest absolute Gasteiger partial charge is 0.497 e. The lowest BCUT2D eigenvalue weighted by atomic mass is 10.1. The van der Waals surface area contributed by atoms with Crippen molar-refractivity contribution in [2.24, 2.45) is 5.73 Å². The topological polar surface area (TPSA) is 84.7 Å². The van der Waals surface area contributed by atoms with E-state index in [0.717, 1.165) is 16.7 Å². The van der Waals surface area contributed by atoms with Crippen molar-refractivity contribution in [2.45, 2.75) is 19.1 Å². The molecule has 0 spiro atoms. The van der Waals surface area contributed by atoms with Gasteiger partial charge in [-0.25, -0.2) is 4.79 Å². The van der Waals surface area contributed by atoms with Gasteiger partial charge in [0.1, 0.15) is 11.8 Å². The maximum Gasteiger partial charge on any atom is 0.325 e. The second kappa shape index (κ2) is 6.72. The van der Waals surface area contributed by atoms with Crippen LogP contribution >= 0.6 is 0 Å². The number of imide groups is 1. The lowest BCUT2D eigenvalue weighted by Crippen LogP contribution is -2.30. The molecule has 0 aromatic heterocycles. The highest BCUT2D eigenvalue weighted by Gasteiger charge is 2.38. The Morgan fingerprint density at radius 2 is 1.67 bits per heavy atom. The molecule has 1 atom stereocenters. The van der Waals surface area contributed by atoms with Gasteiger partial charge in [-0.3, -0.25) is 9.69 Å². The average Bonchev–Trinajstić information content (AvgIpc) is 2.90. The highest BCUT2D eigenvalue weighted by atomic mass is 16.5. The van der Waals surface area contributed by atoms with Gasteiger partial charge in [0, 0.05) is 6.54 Å². The summed E-state index contributed by atoms with van der Waals surface area (Å²) < 4.78 is 5.11. The van der Waals surface area contributed by atoms with Gasteiger partial charge < -0.3 is 15.8 Å². The van der Waals surface area contributed by atoms with Crippen molar-refractivity contribution in [3.8, 4) is 5.75 Å². The van der Waals surface area contributed by atoms with Crippen LogP contribution in [0.4, 0.5) is 4.79 Å². The van der Waals surface area contributed by atoms with E-state index in [4.69, 9.17) is 10.5 Å². The first-order valence-corrected chi connectivity index (χ1v) is 7.66. The van der Waals surface area contributed by atoms with Crippen LogP contribution in [-0.2, 0) is 17.9 Å². The summed E-state index contributed by atoms with van der Waals surface area (Å²) in [6, 6.07) is 13.6. The number of benzene rings is 2. The van der Waals surface area contributed by atoms with E-state index < -0.39 is 6.04 Å². The number of ether oxygens (including phenoxy) is 1. The third-order valence-electron chi connectivity index (χ3n) is 4.07. The van der Waals surface area contributed by atoms with Gasteiger partial charge in [-0.15, -0.1) is 0 Å². The first kappa shape index (κ1) is 16.0. The molecule has 2 aromatic rings. The monoisotopic (exact) mass is 325 g/mol. The molecule has 0 saturated carbocycles. The average molecular weight is 325 g/mol. The fourth-order valence-corrected chi connectivity index (χ4v) is 2.65. The molecule has 6 nitrogen and oxygen atoms in total. The smallest absolute Gasteiger partial charge is 0.325 e. The summed E-state index contributed by atoms with van der Waals surface area (Å²) in [5.74, 6) is 0.445. The maximum atomic E-state index is 12.6. The zero-order valence-corrected chi connectivity index (χ0v) is 13.4. The van der Waals surface area contributed by atoms with Crippen LogP contribution in [0.2, 0.25) is 0 Å². The Kier molecular flexibility index (Phi) is 4.48. The zero-order valence-electron chi connectivity index (χ0n) is 13.4. The molecule has 0 radical (unpaired) electrons. The standard InChI is InChI=1S/C18H19N3O3/c1-24-15-8-6-14(7-9-15)16-17(22)21(18(23)20-16)11-13-4-2-12(10-19)3-5-13/h2-9,16H,10-11,19H2,1H3,(H,20,23). The van der Waals surface area contributed by atoms with Crippen molar-refractivity contribution in [2.75, 3.05) is 7.11 Å². The van der Waals surface area contributed by atoms with Gasteiger partial charge in [0.2, 0.25) is 0 Å². The van der Waals surface area contributed by atoms with Gasteiger partial charge in [-0.2, -0.15) is 0 Å². The van der Waals surface area contributed by atoms with E-state index in [1.807, 2.05) is 24.3 Å². The van der Waals surface area contributed by atoms with Crippen molar-refractivity contribution in [1.82, 2.24) is 10.2 Å². The van der Waals surface area contributed by atoms with Crippen LogP contribution in [0.15, 0.2) is 48.5 Å². The number of nitrogens with one attached hydrogen (secondary N) is 1. The molecule has 3 amide bonds. The van der Waals surface area contributed by atoms with Crippen molar-refractivity contribution < 1.29 is 14.3 Å². The molecule has 1 saturated heterocycles. The Balaban J connectivity index is 1.75. The van der Waals surface area contributed by atoms with Crippen LogP contribution in [0, 0.1) is 0 Å². The van der Waals surface area contributed by atoms with Gasteiger partial charge in [0.25, 0.3) is 5.91 Å². The first-order valence-electron chi connectivity index (χ1n) is 7.66. The van der Waals surface area contributed by atoms with E-state index in [1.165, 1.54) is 4.90 Å². The van der Waals surface area contributed by atoms with E-state index >= 15 is 0 Å². The third kappa shape index (κ3) is 3.09. The van der Waals surface area contributed by atoms with Gasteiger partial charge in [-0.1, -0.05) is 36.4 Å². The van der Waals surface area contributed by atoms with Crippen LogP contribution < -0.4 is 15.8 Å². The molecule has 1 heterocycles. The predicted octanol–water partition coefficient (Wildman–Crippen LogP) is 1.95. The van der Waals surface area contributed by atoms with Crippen molar-refractivity contribution in [3.05, 3.63) is 65.2 Å². The molecule has 2 aromatic carbocycles. The summed E-state index contributed by atoms with van der Waals surface area (Å²) in [6.07, 6.45) is 0. The summed E-state index contributed by atoms with van der Waals surface area (Å²) in [5.41, 5.74) is 8.19. The van der Waals surface area contributed by atoms with E-state index in [-0.39, 0.29) is 18.5 Å². The van der Waals surface area contributed by atoms with Gasteiger partial charge in [0.15, 0.2) is 0 Å². The number of nitrogens with two attached hydrogens (primary N) is 1. The van der Waals surface area contributed by atoms with Crippen LogP contribution in [0.3, 0.4) is 0 Å². The van der Waals surface area contributed by atoms with Gasteiger partial charge in [-0.05, 0) is 28.8 Å². The number of methoxy groups -OCH3 is 1. The van der Waals surface area contributed by atoms with Gasteiger partial charge in [0.05, 0.1) is 13.7 Å². The predicted molar refractivity (Wildman–Crippen MR) is 89.2 cm³/mol. The second-order valence-electron chi connectivity index (χ2n) is 5.60. The molecule has 1 aliphatic rings. The summed E-state index contributed by atoms with van der Waals surface area (Å²) in [5, 5.41) is 2.73. The molecular weight excluding hydrogens is 306 g/mol. The van der Waals surface area contributed by atoms with Crippen molar-refractivity contribution in [1.29, 1.82) is 0 Å². The van der Waals surface area contributed by atoms with Crippen LogP contribution in [0.1, 0.15) is 22.7 Å². The molecule has 124 valence electrons. The first-order chi connectivity index (χ1) is 11.6. The van der Waals surface area contributed by atoms with Crippen molar-refractivity contribution >= 4 is 11.9 Å². The molecule has 0 aliphatic carbocycles. The van der Waals surface area contributed by atoms with E-state index in [0.29, 0.717) is 12.3 Å². The normalized spacial score (nSPS) is 17.1. The van der Waals surface area contributed by atoms with Crippen LogP contribution in [0.25, 0.3) is 0 Å². The van der Waals surface area contributed by atoms with E-state index in [9.17, 15) is 9.59 Å². The van der Waals surface area contributed by atoms with Crippen LogP contribution in [-0.4, -0.2) is 23.9 Å². The minimum atomic E-state index is -0.660. The summed E-state index contributed by atoms with van der Waals surface area (Å²) >= 11 is 0. The van der Waals surface area contributed by atoms with Gasteiger partial charge >= 0.3 is 6.03 Å². The SMILES string of the molecule is COc1ccc(C2NC(=O)N(Cc3ccc(CN)cc3)C2=O)cc1. The lowest BCUT2D eigenvalue weighted by Gasteiger charge is -2.13. The summed E-state index contributed by atoms with van der Waals surface area (Å²) in [7, 11) is 1.58. The number of rotatable bonds is 5. The number of carbonyl (C=O) groups is 2. The molecule has 0 bridgehead atoms. The third-order valence-corrected chi connectivity index (χ3v) is 4.07. The molecule has 3 rings (SSSR count). The number of nitrogens with zero attached hydrogens (tertiary/aromatic N) is 1. The number of urea groups is 1. The van der Waals surface area contributed by atoms with Crippen LogP contribution in [0.5, 0.6) is 5.75 Å². The zero-order chi connectivity index (χ0) is 17.1. The number of hydrogen-bond acceptors (Lipinski definition) is 4. The molecular formula is C18H19N3O3. The molecule has 3 N–H and O–H groups in total. The van der Waals surface area contributed by atoms with E-state index in [1.54, 1.807) is 31.4 Å². The minimum Gasteiger partial charge on any atom is -0.497 e. The number of hydrogen-bond donors (Lipinski definition) is 2. The number of carbonyl (C=O) groups excluding carboxylic acids is 2. The maximum absolute atomic E-state index is 12.6. The number of amides is 3. The molecule has 1 fully saturated rings. The van der Waals surface area contributed by atoms with E-state index in [2.05, 4.69) is 5.32 Å². The highest BCUT2D eigenvalue weighted by Crippen LogP contribution is 2.25. The Bertz CT molecular complexity index is 741. The molecule has 24 heavy (non-hydrogen) atoms. The Hall–Kier alpha value is -2.86. The Labute approximate surface area is 140 Å². The lowest BCUT2D eigenvalue weighted by molar-refractivity contribution is -0.128. The fourth-order valence-electron chi connectivity index (χ4n) is 2.65. The minimum absolute atomic E-state index is 0.238.